The molecule has 0 aromatic heterocycles. The van der Waals surface area contributed by atoms with Gasteiger partial charge in [0, 0.05) is 15.5 Å². The lowest BCUT2D eigenvalue weighted by atomic mass is 10.1. The second kappa shape index (κ2) is 7.68. The van der Waals surface area contributed by atoms with Crippen LogP contribution in [0.4, 0.5) is 11.4 Å². The summed E-state index contributed by atoms with van der Waals surface area (Å²) in [6.07, 6.45) is 0. The minimum Gasteiger partial charge on any atom is -0.491 e. The van der Waals surface area contributed by atoms with E-state index in [9.17, 15) is 9.59 Å². The van der Waals surface area contributed by atoms with Crippen LogP contribution in [0.2, 0.25) is 5.02 Å². The van der Waals surface area contributed by atoms with Gasteiger partial charge in [0.1, 0.15) is 0 Å². The summed E-state index contributed by atoms with van der Waals surface area (Å²) in [4.78, 5) is 25.1. The number of nitrogens with one attached hydrogen (secondary N) is 2. The van der Waals surface area contributed by atoms with Crippen LogP contribution in [0.25, 0.3) is 0 Å². The summed E-state index contributed by atoms with van der Waals surface area (Å²) in [6.45, 7) is 2.31. The molecule has 0 spiro atoms. The van der Waals surface area contributed by atoms with Gasteiger partial charge in [0.2, 0.25) is 5.91 Å². The summed E-state index contributed by atoms with van der Waals surface area (Å²) >= 11 is 10.9. The van der Waals surface area contributed by atoms with Crippen LogP contribution in [0, 0.1) is 0 Å². The number of fused-ring (bicyclic) bond motifs is 1. The minimum atomic E-state index is -0.317. The fraction of sp³-hybridized carbons (Fsp3) is 0.176. The Morgan fingerprint density at radius 1 is 1.40 bits per heavy atom. The lowest BCUT2D eigenvalue weighted by molar-refractivity contribution is -0.113. The number of thioether (sulfide) groups is 1. The van der Waals surface area contributed by atoms with Gasteiger partial charge in [0.05, 0.1) is 28.2 Å². The highest BCUT2D eigenvalue weighted by Gasteiger charge is 2.19. The molecule has 8 heteroatoms. The molecule has 1 aliphatic heterocycles. The molecule has 2 aromatic carbocycles. The third-order valence-corrected chi connectivity index (χ3v) is 5.30. The molecule has 0 saturated carbocycles. The van der Waals surface area contributed by atoms with E-state index >= 15 is 0 Å². The summed E-state index contributed by atoms with van der Waals surface area (Å²) in [7, 11) is 0. The fourth-order valence-corrected chi connectivity index (χ4v) is 4.08. The molecule has 0 bridgehead atoms. The zero-order chi connectivity index (χ0) is 18.0. The number of halogens is 2. The fourth-order valence-electron chi connectivity index (χ4n) is 2.36. The highest BCUT2D eigenvalue weighted by molar-refractivity contribution is 9.10. The maximum atomic E-state index is 12.6. The highest BCUT2D eigenvalue weighted by Crippen LogP contribution is 2.37. The van der Waals surface area contributed by atoms with Gasteiger partial charge in [-0.05, 0) is 53.2 Å². The van der Waals surface area contributed by atoms with Crippen molar-refractivity contribution in [2.45, 2.75) is 11.8 Å². The second-order valence-corrected chi connectivity index (χ2v) is 7.51. The normalized spacial score (nSPS) is 13.0. The zero-order valence-electron chi connectivity index (χ0n) is 13.2. The Balaban J connectivity index is 1.88. The zero-order valence-corrected chi connectivity index (χ0v) is 16.3. The van der Waals surface area contributed by atoms with Gasteiger partial charge in [0.25, 0.3) is 5.91 Å². The number of hydrogen-bond donors (Lipinski definition) is 2. The molecule has 1 aliphatic rings. The van der Waals surface area contributed by atoms with Gasteiger partial charge in [-0.25, -0.2) is 0 Å². The highest BCUT2D eigenvalue weighted by atomic mass is 79.9. The number of rotatable bonds is 4. The molecule has 0 unspecified atom stereocenters. The summed E-state index contributed by atoms with van der Waals surface area (Å²) in [5.74, 6) is 0.504. The van der Waals surface area contributed by atoms with E-state index in [0.717, 1.165) is 4.90 Å². The number of amides is 2. The molecular weight excluding hydrogens is 428 g/mol. The summed E-state index contributed by atoms with van der Waals surface area (Å²) in [5.41, 5.74) is 1.55. The number of carbonyl (C=O) groups excluding carboxylic acids is 2. The Morgan fingerprint density at radius 3 is 2.96 bits per heavy atom. The lowest BCUT2D eigenvalue weighted by Crippen LogP contribution is -2.20. The Kier molecular flexibility index (Phi) is 5.56. The number of anilines is 2. The monoisotopic (exact) mass is 440 g/mol. The first-order chi connectivity index (χ1) is 12.0. The van der Waals surface area contributed by atoms with E-state index in [1.807, 2.05) is 13.0 Å². The molecule has 2 amide bonds. The van der Waals surface area contributed by atoms with Crippen molar-refractivity contribution >= 4 is 62.5 Å². The van der Waals surface area contributed by atoms with Crippen molar-refractivity contribution in [3.63, 3.8) is 0 Å². The average molecular weight is 442 g/mol. The van der Waals surface area contributed by atoms with Crippen LogP contribution in [0.3, 0.4) is 0 Å². The number of ether oxygens (including phenoxy) is 1. The van der Waals surface area contributed by atoms with Crippen LogP contribution in [-0.4, -0.2) is 24.2 Å². The van der Waals surface area contributed by atoms with Gasteiger partial charge in [-0.15, -0.1) is 11.8 Å². The SMILES string of the molecule is CCOc1c(Br)cc(Cl)cc1NC(=O)c1ccc2c(c1)NC(=O)CS2. The lowest BCUT2D eigenvalue weighted by Gasteiger charge is -2.17. The van der Waals surface area contributed by atoms with Crippen LogP contribution >= 0.6 is 39.3 Å². The minimum absolute atomic E-state index is 0.0764. The van der Waals surface area contributed by atoms with Crippen molar-refractivity contribution in [2.24, 2.45) is 0 Å². The van der Waals surface area contributed by atoms with Crippen molar-refractivity contribution in [3.8, 4) is 5.75 Å². The maximum absolute atomic E-state index is 12.6. The van der Waals surface area contributed by atoms with E-state index in [2.05, 4.69) is 26.6 Å². The molecule has 0 aliphatic carbocycles. The Morgan fingerprint density at radius 2 is 2.20 bits per heavy atom. The number of benzene rings is 2. The van der Waals surface area contributed by atoms with E-state index in [1.54, 1.807) is 24.3 Å². The smallest absolute Gasteiger partial charge is 0.255 e. The van der Waals surface area contributed by atoms with E-state index < -0.39 is 0 Å². The van der Waals surface area contributed by atoms with Gasteiger partial charge in [-0.1, -0.05) is 11.6 Å². The van der Waals surface area contributed by atoms with Crippen molar-refractivity contribution in [1.82, 2.24) is 0 Å². The number of hydrogen-bond acceptors (Lipinski definition) is 4. The maximum Gasteiger partial charge on any atom is 0.255 e. The predicted molar refractivity (Wildman–Crippen MR) is 104 cm³/mol. The van der Waals surface area contributed by atoms with E-state index in [-0.39, 0.29) is 11.8 Å². The Hall–Kier alpha value is -1.70. The predicted octanol–water partition coefficient (Wildman–Crippen LogP) is 4.80. The van der Waals surface area contributed by atoms with Crippen LogP contribution in [-0.2, 0) is 4.79 Å². The third-order valence-electron chi connectivity index (χ3n) is 3.42. The summed E-state index contributed by atoms with van der Waals surface area (Å²) < 4.78 is 6.24. The van der Waals surface area contributed by atoms with E-state index in [0.29, 0.717) is 44.5 Å². The van der Waals surface area contributed by atoms with E-state index in [4.69, 9.17) is 16.3 Å². The van der Waals surface area contributed by atoms with Gasteiger partial charge in [-0.3, -0.25) is 9.59 Å². The molecule has 130 valence electrons. The molecule has 0 saturated heterocycles. The van der Waals surface area contributed by atoms with Crippen molar-refractivity contribution in [2.75, 3.05) is 23.0 Å². The van der Waals surface area contributed by atoms with Crippen LogP contribution in [0.5, 0.6) is 5.75 Å². The second-order valence-electron chi connectivity index (χ2n) is 5.20. The van der Waals surface area contributed by atoms with Crippen LogP contribution in [0.1, 0.15) is 17.3 Å². The molecule has 0 radical (unpaired) electrons. The Bertz CT molecular complexity index is 860. The third kappa shape index (κ3) is 4.11. The van der Waals surface area contributed by atoms with Gasteiger partial charge >= 0.3 is 0 Å². The molecule has 0 fully saturated rings. The molecule has 2 aromatic rings. The summed E-state index contributed by atoms with van der Waals surface area (Å²) in [6, 6.07) is 8.54. The molecule has 2 N–H and O–H groups in total. The quantitative estimate of drug-likeness (QED) is 0.715. The van der Waals surface area contributed by atoms with Gasteiger partial charge < -0.3 is 15.4 Å². The Labute approximate surface area is 162 Å². The first kappa shape index (κ1) is 18.1. The molecule has 1 heterocycles. The first-order valence-electron chi connectivity index (χ1n) is 7.48. The van der Waals surface area contributed by atoms with Crippen molar-refractivity contribution in [1.29, 1.82) is 0 Å². The first-order valence-corrected chi connectivity index (χ1v) is 9.63. The molecule has 25 heavy (non-hydrogen) atoms. The largest absolute Gasteiger partial charge is 0.491 e. The molecule has 3 rings (SSSR count). The van der Waals surface area contributed by atoms with Crippen LogP contribution < -0.4 is 15.4 Å². The topological polar surface area (TPSA) is 67.4 Å². The van der Waals surface area contributed by atoms with Crippen LogP contribution in [0.15, 0.2) is 39.7 Å². The molecule has 5 nitrogen and oxygen atoms in total. The summed E-state index contributed by atoms with van der Waals surface area (Å²) in [5, 5.41) is 6.06. The van der Waals surface area contributed by atoms with Crippen molar-refractivity contribution < 1.29 is 14.3 Å². The molecule has 0 atom stereocenters. The van der Waals surface area contributed by atoms with E-state index in [1.165, 1.54) is 11.8 Å². The molecular formula is C17H14BrClN2O3S. The number of carbonyl (C=O) groups is 2. The van der Waals surface area contributed by atoms with Gasteiger partial charge in [0.15, 0.2) is 5.75 Å². The standard InChI is InChI=1S/C17H14BrClN2O3S/c1-2-24-16-11(18)6-10(19)7-13(16)21-17(23)9-3-4-14-12(5-9)20-15(22)8-25-14/h3-7H,2,8H2,1H3,(H,20,22)(H,21,23). The average Bonchev–Trinajstić information content (AvgIpc) is 2.57. The van der Waals surface area contributed by atoms with Gasteiger partial charge in [-0.2, -0.15) is 0 Å². The van der Waals surface area contributed by atoms with Crippen molar-refractivity contribution in [3.05, 3.63) is 45.4 Å².